The number of nitrogens with one attached hydrogen (secondary N) is 2. The van der Waals surface area contributed by atoms with Crippen molar-refractivity contribution in [3.8, 4) is 0 Å². The molecular formula is C24H26IN5O4. The summed E-state index contributed by atoms with van der Waals surface area (Å²) in [7, 11) is 0. The molecule has 0 saturated carbocycles. The Morgan fingerprint density at radius 3 is 2.47 bits per heavy atom. The smallest absolute Gasteiger partial charge is 0.410 e. The average molecular weight is 575 g/mol. The van der Waals surface area contributed by atoms with Crippen LogP contribution < -0.4 is 15.5 Å². The highest BCUT2D eigenvalue weighted by molar-refractivity contribution is 14.1. The Morgan fingerprint density at radius 1 is 1.09 bits per heavy atom. The fourth-order valence-corrected chi connectivity index (χ4v) is 4.19. The van der Waals surface area contributed by atoms with Crippen molar-refractivity contribution in [1.29, 1.82) is 0 Å². The Labute approximate surface area is 211 Å². The molecular weight excluding hydrogens is 549 g/mol. The minimum atomic E-state index is -0.512. The second-order valence-corrected chi connectivity index (χ2v) is 10.3. The Bertz CT molecular complexity index is 1150. The number of fused-ring (bicyclic) bond motifs is 1. The first kappa shape index (κ1) is 24.0. The number of benzene rings is 1. The van der Waals surface area contributed by atoms with Gasteiger partial charge in [-0.05, 0) is 73.7 Å². The molecule has 34 heavy (non-hydrogen) atoms. The maximum Gasteiger partial charge on any atom is 0.410 e. The van der Waals surface area contributed by atoms with Gasteiger partial charge in [-0.2, -0.15) is 0 Å². The summed E-state index contributed by atoms with van der Waals surface area (Å²) in [6, 6.07) is 9.13. The molecule has 2 aliphatic heterocycles. The Kier molecular flexibility index (Phi) is 6.78. The van der Waals surface area contributed by atoms with E-state index in [1.165, 1.54) is 0 Å². The van der Waals surface area contributed by atoms with Crippen molar-refractivity contribution in [2.45, 2.75) is 26.4 Å². The number of anilines is 2. The van der Waals surface area contributed by atoms with Gasteiger partial charge in [0.2, 0.25) is 0 Å². The van der Waals surface area contributed by atoms with Gasteiger partial charge in [0.05, 0.1) is 17.5 Å². The fraction of sp³-hybridized carbons (Fsp3) is 0.333. The number of carbonyl (C=O) groups excluding carboxylic acids is 3. The molecule has 0 unspecified atom stereocenters. The van der Waals surface area contributed by atoms with Crippen LogP contribution in [-0.2, 0) is 9.53 Å². The van der Waals surface area contributed by atoms with Crippen molar-refractivity contribution in [2.24, 2.45) is 0 Å². The van der Waals surface area contributed by atoms with E-state index < -0.39 is 17.4 Å². The van der Waals surface area contributed by atoms with Crippen LogP contribution in [0.3, 0.4) is 0 Å². The second kappa shape index (κ2) is 9.61. The lowest BCUT2D eigenvalue weighted by Crippen LogP contribution is -2.50. The van der Waals surface area contributed by atoms with Gasteiger partial charge in [0.25, 0.3) is 11.8 Å². The summed E-state index contributed by atoms with van der Waals surface area (Å²) in [6.45, 7) is 8.02. The van der Waals surface area contributed by atoms with Crippen LogP contribution in [0.15, 0.2) is 42.7 Å². The molecule has 2 aliphatic rings. The predicted octanol–water partition coefficient (Wildman–Crippen LogP) is 3.47. The summed E-state index contributed by atoms with van der Waals surface area (Å²) in [5.74, 6) is -0.0336. The molecule has 1 aromatic carbocycles. The summed E-state index contributed by atoms with van der Waals surface area (Å²) in [4.78, 5) is 45.1. The molecule has 1 aromatic heterocycles. The van der Waals surface area contributed by atoms with Crippen molar-refractivity contribution in [3.63, 3.8) is 0 Å². The molecule has 178 valence electrons. The lowest BCUT2D eigenvalue weighted by atomic mass is 9.96. The third-order valence-electron chi connectivity index (χ3n) is 5.37. The van der Waals surface area contributed by atoms with Crippen LogP contribution in [0.5, 0.6) is 0 Å². The molecule has 0 bridgehead atoms. The Morgan fingerprint density at radius 2 is 1.82 bits per heavy atom. The van der Waals surface area contributed by atoms with Gasteiger partial charge < -0.3 is 19.9 Å². The van der Waals surface area contributed by atoms with Crippen LogP contribution in [0.4, 0.5) is 16.3 Å². The van der Waals surface area contributed by atoms with Gasteiger partial charge in [-0.25, -0.2) is 9.78 Å². The fourth-order valence-electron chi connectivity index (χ4n) is 3.70. The van der Waals surface area contributed by atoms with Crippen molar-refractivity contribution >= 4 is 57.6 Å². The number of piperazine rings is 1. The number of halogens is 1. The van der Waals surface area contributed by atoms with Gasteiger partial charge in [0, 0.05) is 47.1 Å². The predicted molar refractivity (Wildman–Crippen MR) is 137 cm³/mol. The van der Waals surface area contributed by atoms with Crippen molar-refractivity contribution in [2.75, 3.05) is 36.4 Å². The van der Waals surface area contributed by atoms with Crippen molar-refractivity contribution in [3.05, 3.63) is 57.4 Å². The number of imide groups is 1. The Balaban J connectivity index is 1.40. The lowest BCUT2D eigenvalue weighted by Gasteiger charge is -2.36. The van der Waals surface area contributed by atoms with Gasteiger partial charge in [0.15, 0.2) is 0 Å². The maximum atomic E-state index is 12.4. The minimum Gasteiger partial charge on any atom is -0.444 e. The molecule has 3 amide bonds. The third kappa shape index (κ3) is 5.49. The zero-order valence-electron chi connectivity index (χ0n) is 19.2. The van der Waals surface area contributed by atoms with Crippen LogP contribution >= 0.6 is 22.6 Å². The van der Waals surface area contributed by atoms with E-state index in [9.17, 15) is 14.4 Å². The zero-order chi connectivity index (χ0) is 24.5. The molecule has 2 aromatic rings. The number of nitrogens with zero attached hydrogens (tertiary/aromatic N) is 3. The number of ether oxygens (including phenoxy) is 1. The summed E-state index contributed by atoms with van der Waals surface area (Å²) in [5.41, 5.74) is 1.64. The van der Waals surface area contributed by atoms with E-state index in [2.05, 4.69) is 43.1 Å². The molecule has 9 nitrogen and oxygen atoms in total. The number of hydrogen-bond acceptors (Lipinski definition) is 7. The number of rotatable bonds is 3. The van der Waals surface area contributed by atoms with E-state index in [4.69, 9.17) is 4.74 Å². The molecule has 10 heteroatoms. The molecule has 4 rings (SSSR count). The number of pyridine rings is 1. The highest BCUT2D eigenvalue weighted by Gasteiger charge is 2.28. The first-order valence-electron chi connectivity index (χ1n) is 10.9. The molecule has 2 N–H and O–H groups in total. The third-order valence-corrected chi connectivity index (χ3v) is 6.05. The second-order valence-electron chi connectivity index (χ2n) is 9.04. The van der Waals surface area contributed by atoms with E-state index in [-0.39, 0.29) is 6.09 Å². The van der Waals surface area contributed by atoms with E-state index >= 15 is 0 Å². The van der Waals surface area contributed by atoms with Gasteiger partial charge in [-0.15, -0.1) is 0 Å². The van der Waals surface area contributed by atoms with Crippen molar-refractivity contribution in [1.82, 2.24) is 15.2 Å². The molecule has 0 spiro atoms. The molecule has 0 atom stereocenters. The highest BCUT2D eigenvalue weighted by atomic mass is 127. The highest BCUT2D eigenvalue weighted by Crippen LogP contribution is 2.26. The Hall–Kier alpha value is -3.15. The SMILES string of the molecule is CC(C)(C)OC(=O)N1CCN(c2ccc(N/C=C3\C(=O)NC(=O)c4ccc(I)cc43)cn2)CC1. The van der Waals surface area contributed by atoms with Crippen LogP contribution in [0.25, 0.3) is 5.57 Å². The normalized spacial score (nSPS) is 17.4. The van der Waals surface area contributed by atoms with Crippen LogP contribution in [-0.4, -0.2) is 59.6 Å². The number of carbonyl (C=O) groups is 3. The quantitative estimate of drug-likeness (QED) is 0.328. The van der Waals surface area contributed by atoms with Gasteiger partial charge in [0.1, 0.15) is 11.4 Å². The van der Waals surface area contributed by atoms with Crippen molar-refractivity contribution < 1.29 is 19.1 Å². The standard InChI is InChI=1S/C24H26IN5O4/c1-24(2,3)34-23(33)30-10-8-29(9-11-30)20-7-5-16(13-27-20)26-14-19-18-12-15(25)4-6-17(18)21(31)28-22(19)32/h4-7,12-14,26H,8-11H2,1-3H3,(H,28,31,32)/b19-14-. The minimum absolute atomic E-state index is 0.294. The first-order chi connectivity index (χ1) is 16.1. The summed E-state index contributed by atoms with van der Waals surface area (Å²) in [6.07, 6.45) is 2.98. The van der Waals surface area contributed by atoms with Crippen LogP contribution in [0.2, 0.25) is 0 Å². The molecule has 1 fully saturated rings. The lowest BCUT2D eigenvalue weighted by molar-refractivity contribution is -0.114. The number of amides is 3. The first-order valence-corrected chi connectivity index (χ1v) is 12.0. The average Bonchev–Trinajstić information content (AvgIpc) is 2.78. The topological polar surface area (TPSA) is 104 Å². The van der Waals surface area contributed by atoms with Crippen LogP contribution in [0.1, 0.15) is 36.7 Å². The van der Waals surface area contributed by atoms with Crippen LogP contribution in [0, 0.1) is 3.57 Å². The molecule has 0 radical (unpaired) electrons. The van der Waals surface area contributed by atoms with E-state index in [0.29, 0.717) is 48.6 Å². The van der Waals surface area contributed by atoms with Gasteiger partial charge in [-0.1, -0.05) is 0 Å². The van der Waals surface area contributed by atoms with Gasteiger partial charge in [-0.3, -0.25) is 14.9 Å². The maximum absolute atomic E-state index is 12.4. The molecule has 0 aliphatic carbocycles. The number of hydrogen-bond donors (Lipinski definition) is 2. The van der Waals surface area contributed by atoms with E-state index in [1.807, 2.05) is 45.0 Å². The largest absolute Gasteiger partial charge is 0.444 e. The molecule has 1 saturated heterocycles. The van der Waals surface area contributed by atoms with E-state index in [1.54, 1.807) is 23.4 Å². The summed E-state index contributed by atoms with van der Waals surface area (Å²) >= 11 is 2.15. The molecule has 3 heterocycles. The summed E-state index contributed by atoms with van der Waals surface area (Å²) in [5, 5.41) is 5.48. The summed E-state index contributed by atoms with van der Waals surface area (Å²) < 4.78 is 6.38. The monoisotopic (exact) mass is 575 g/mol. The van der Waals surface area contributed by atoms with Gasteiger partial charge >= 0.3 is 6.09 Å². The number of aromatic nitrogens is 1. The zero-order valence-corrected chi connectivity index (χ0v) is 21.4. The van der Waals surface area contributed by atoms with E-state index in [0.717, 1.165) is 9.39 Å².